The predicted octanol–water partition coefficient (Wildman–Crippen LogP) is 1.74. The van der Waals surface area contributed by atoms with Gasteiger partial charge < -0.3 is 13.9 Å². The highest BCUT2D eigenvalue weighted by Crippen LogP contribution is 2.30. The molecule has 108 valence electrons. The van der Waals surface area contributed by atoms with Crippen molar-refractivity contribution in [2.45, 2.75) is 6.42 Å². The number of amides is 1. The van der Waals surface area contributed by atoms with Gasteiger partial charge in [-0.1, -0.05) is 6.07 Å². The van der Waals surface area contributed by atoms with Gasteiger partial charge in [0, 0.05) is 0 Å². The zero-order valence-corrected chi connectivity index (χ0v) is 11.2. The Balaban J connectivity index is 1.57. The Morgan fingerprint density at radius 3 is 2.90 bits per heavy atom. The minimum absolute atomic E-state index is 0.213. The van der Waals surface area contributed by atoms with Crippen molar-refractivity contribution < 1.29 is 18.7 Å². The van der Waals surface area contributed by atoms with Gasteiger partial charge in [-0.05, 0) is 29.8 Å². The minimum atomic E-state index is -0.213. The zero-order valence-electron chi connectivity index (χ0n) is 11.2. The van der Waals surface area contributed by atoms with Crippen LogP contribution in [0, 0.1) is 0 Å². The van der Waals surface area contributed by atoms with Gasteiger partial charge in [0.1, 0.15) is 19.0 Å². The molecule has 0 bridgehead atoms. The minimum Gasteiger partial charge on any atom is -0.486 e. The van der Waals surface area contributed by atoms with Crippen LogP contribution in [0.3, 0.4) is 0 Å². The van der Waals surface area contributed by atoms with Crippen LogP contribution in [-0.4, -0.2) is 25.3 Å². The Morgan fingerprint density at radius 2 is 2.10 bits per heavy atom. The second kappa shape index (κ2) is 6.13. The van der Waals surface area contributed by atoms with Crippen molar-refractivity contribution in [1.82, 2.24) is 5.43 Å². The van der Waals surface area contributed by atoms with E-state index in [0.717, 1.165) is 5.56 Å². The average Bonchev–Trinajstić information content (AvgIpc) is 3.00. The number of nitrogens with zero attached hydrogens (tertiary/aromatic N) is 1. The van der Waals surface area contributed by atoms with Gasteiger partial charge in [0.2, 0.25) is 5.91 Å². The van der Waals surface area contributed by atoms with E-state index in [1.165, 1.54) is 6.21 Å². The number of hydrogen-bond donors (Lipinski definition) is 1. The largest absolute Gasteiger partial charge is 0.486 e. The second-order valence-electron chi connectivity index (χ2n) is 4.46. The molecule has 1 aliphatic rings. The SMILES string of the molecule is O=C(Cc1ccc2c(c1)OCCO2)N/N=C/c1ccco1. The van der Waals surface area contributed by atoms with Gasteiger partial charge in [-0.25, -0.2) is 5.43 Å². The fourth-order valence-corrected chi connectivity index (χ4v) is 1.96. The molecule has 2 heterocycles. The van der Waals surface area contributed by atoms with Gasteiger partial charge in [0.25, 0.3) is 0 Å². The fourth-order valence-electron chi connectivity index (χ4n) is 1.96. The summed E-state index contributed by atoms with van der Waals surface area (Å²) in [6.07, 6.45) is 3.20. The van der Waals surface area contributed by atoms with Crippen molar-refractivity contribution in [3.63, 3.8) is 0 Å². The molecule has 1 amide bonds. The number of carbonyl (C=O) groups is 1. The van der Waals surface area contributed by atoms with Crippen LogP contribution in [0.2, 0.25) is 0 Å². The number of hydrogen-bond acceptors (Lipinski definition) is 5. The molecule has 1 aromatic carbocycles. The van der Waals surface area contributed by atoms with Gasteiger partial charge in [0.05, 0.1) is 18.9 Å². The highest BCUT2D eigenvalue weighted by Gasteiger charge is 2.12. The number of ether oxygens (including phenoxy) is 2. The molecule has 3 rings (SSSR count). The van der Waals surface area contributed by atoms with Crippen LogP contribution in [0.25, 0.3) is 0 Å². The molecular formula is C15H14N2O4. The van der Waals surface area contributed by atoms with Crippen molar-refractivity contribution in [2.24, 2.45) is 5.10 Å². The Bertz CT molecular complexity index is 650. The van der Waals surface area contributed by atoms with Crippen molar-refractivity contribution in [3.05, 3.63) is 47.9 Å². The fraction of sp³-hybridized carbons (Fsp3) is 0.200. The lowest BCUT2D eigenvalue weighted by Crippen LogP contribution is -2.20. The van der Waals surface area contributed by atoms with Gasteiger partial charge in [0.15, 0.2) is 11.5 Å². The third-order valence-corrected chi connectivity index (χ3v) is 2.90. The summed E-state index contributed by atoms with van der Waals surface area (Å²) in [6, 6.07) is 8.95. The van der Waals surface area contributed by atoms with E-state index < -0.39 is 0 Å². The number of fused-ring (bicyclic) bond motifs is 1. The van der Waals surface area contributed by atoms with Crippen LogP contribution in [0.1, 0.15) is 11.3 Å². The van der Waals surface area contributed by atoms with E-state index >= 15 is 0 Å². The van der Waals surface area contributed by atoms with Crippen molar-refractivity contribution in [3.8, 4) is 11.5 Å². The smallest absolute Gasteiger partial charge is 0.244 e. The van der Waals surface area contributed by atoms with Crippen LogP contribution >= 0.6 is 0 Å². The first kappa shape index (κ1) is 13.2. The third-order valence-electron chi connectivity index (χ3n) is 2.90. The van der Waals surface area contributed by atoms with Crippen molar-refractivity contribution >= 4 is 12.1 Å². The predicted molar refractivity (Wildman–Crippen MR) is 75.6 cm³/mol. The van der Waals surface area contributed by atoms with Crippen molar-refractivity contribution in [1.29, 1.82) is 0 Å². The topological polar surface area (TPSA) is 73.1 Å². The summed E-state index contributed by atoms with van der Waals surface area (Å²) in [7, 11) is 0. The molecule has 2 aromatic rings. The molecule has 0 spiro atoms. The van der Waals surface area contributed by atoms with Gasteiger partial charge in [-0.15, -0.1) is 0 Å². The monoisotopic (exact) mass is 286 g/mol. The number of nitrogens with one attached hydrogen (secondary N) is 1. The molecule has 0 unspecified atom stereocenters. The van der Waals surface area contributed by atoms with Crippen LogP contribution in [0.15, 0.2) is 46.1 Å². The lowest BCUT2D eigenvalue weighted by atomic mass is 10.1. The molecule has 1 aromatic heterocycles. The highest BCUT2D eigenvalue weighted by atomic mass is 16.6. The van der Waals surface area contributed by atoms with E-state index in [1.807, 2.05) is 18.2 Å². The first-order chi connectivity index (χ1) is 10.3. The Labute approximate surface area is 121 Å². The summed E-state index contributed by atoms with van der Waals surface area (Å²) in [5.74, 6) is 1.75. The van der Waals surface area contributed by atoms with E-state index in [9.17, 15) is 4.79 Å². The number of carbonyl (C=O) groups excluding carboxylic acids is 1. The lowest BCUT2D eigenvalue weighted by molar-refractivity contribution is -0.120. The molecule has 1 N–H and O–H groups in total. The summed E-state index contributed by atoms with van der Waals surface area (Å²) < 4.78 is 16.0. The maximum atomic E-state index is 11.8. The Kier molecular flexibility index (Phi) is 3.86. The molecule has 1 aliphatic heterocycles. The summed E-state index contributed by atoms with van der Waals surface area (Å²) in [5, 5.41) is 3.82. The van der Waals surface area contributed by atoms with Gasteiger partial charge >= 0.3 is 0 Å². The normalized spacial score (nSPS) is 13.3. The lowest BCUT2D eigenvalue weighted by Gasteiger charge is -2.18. The standard InChI is InChI=1S/C15H14N2O4/c18-15(17-16-10-12-2-1-5-19-12)9-11-3-4-13-14(8-11)21-7-6-20-13/h1-5,8,10H,6-7,9H2,(H,17,18)/b16-10+. The Hall–Kier alpha value is -2.76. The molecule has 0 atom stereocenters. The first-order valence-corrected chi connectivity index (χ1v) is 6.55. The van der Waals surface area contributed by atoms with E-state index in [-0.39, 0.29) is 12.3 Å². The molecule has 0 saturated carbocycles. The summed E-state index contributed by atoms with van der Waals surface area (Å²) in [5.41, 5.74) is 3.29. The van der Waals surface area contributed by atoms with Crippen molar-refractivity contribution in [2.75, 3.05) is 13.2 Å². The summed E-state index contributed by atoms with van der Waals surface area (Å²) in [4.78, 5) is 11.8. The van der Waals surface area contributed by atoms with E-state index in [4.69, 9.17) is 13.9 Å². The molecule has 6 heteroatoms. The van der Waals surface area contributed by atoms with E-state index in [1.54, 1.807) is 18.4 Å². The second-order valence-corrected chi connectivity index (χ2v) is 4.46. The van der Waals surface area contributed by atoms with Gasteiger partial charge in [-0.2, -0.15) is 5.10 Å². The third kappa shape index (κ3) is 3.42. The Morgan fingerprint density at radius 1 is 1.24 bits per heavy atom. The molecule has 0 radical (unpaired) electrons. The number of hydrazone groups is 1. The zero-order chi connectivity index (χ0) is 14.5. The summed E-state index contributed by atoms with van der Waals surface area (Å²) >= 11 is 0. The average molecular weight is 286 g/mol. The molecular weight excluding hydrogens is 272 g/mol. The highest BCUT2D eigenvalue weighted by molar-refractivity contribution is 5.81. The number of rotatable bonds is 4. The van der Waals surface area contributed by atoms with E-state index in [0.29, 0.717) is 30.5 Å². The molecule has 0 fully saturated rings. The van der Waals surface area contributed by atoms with Crippen LogP contribution in [-0.2, 0) is 11.2 Å². The molecule has 6 nitrogen and oxygen atoms in total. The first-order valence-electron chi connectivity index (χ1n) is 6.55. The maximum Gasteiger partial charge on any atom is 0.244 e. The quantitative estimate of drug-likeness (QED) is 0.686. The van der Waals surface area contributed by atoms with Crippen LogP contribution in [0.4, 0.5) is 0 Å². The van der Waals surface area contributed by atoms with E-state index in [2.05, 4.69) is 10.5 Å². The summed E-state index contributed by atoms with van der Waals surface area (Å²) in [6.45, 7) is 1.07. The molecule has 21 heavy (non-hydrogen) atoms. The molecule has 0 aliphatic carbocycles. The molecule has 0 saturated heterocycles. The number of benzene rings is 1. The van der Waals surface area contributed by atoms with Gasteiger partial charge in [-0.3, -0.25) is 4.79 Å². The maximum absolute atomic E-state index is 11.8. The van der Waals surface area contributed by atoms with Crippen LogP contribution in [0.5, 0.6) is 11.5 Å². The van der Waals surface area contributed by atoms with Crippen LogP contribution < -0.4 is 14.9 Å². The number of furan rings is 1.